The summed E-state index contributed by atoms with van der Waals surface area (Å²) in [7, 11) is 0. The minimum absolute atomic E-state index is 0.390. The fourth-order valence-corrected chi connectivity index (χ4v) is 2.27. The maximum Gasteiger partial charge on any atom is 0.306 e. The van der Waals surface area contributed by atoms with Gasteiger partial charge >= 0.3 is 23.9 Å². The van der Waals surface area contributed by atoms with E-state index in [1.54, 1.807) is 0 Å². The lowest BCUT2D eigenvalue weighted by Crippen LogP contribution is -2.62. The molecule has 0 bridgehead atoms. The van der Waals surface area contributed by atoms with Crippen molar-refractivity contribution in [1.29, 1.82) is 0 Å². The van der Waals surface area contributed by atoms with Crippen molar-refractivity contribution in [2.24, 2.45) is 0 Å². The maximum atomic E-state index is 11.4. The first-order valence-electron chi connectivity index (χ1n) is 7.09. The van der Waals surface area contributed by atoms with Crippen molar-refractivity contribution in [3.63, 3.8) is 0 Å². The zero-order valence-electron chi connectivity index (χ0n) is 13.8. The molecule has 0 aromatic carbocycles. The smallest absolute Gasteiger partial charge is 0.306 e. The number of carbonyl (C=O) groups excluding carboxylic acids is 4. The third-order valence-electron chi connectivity index (χ3n) is 2.99. The van der Waals surface area contributed by atoms with E-state index in [0.717, 1.165) is 27.7 Å². The Hall–Kier alpha value is -2.20. The Morgan fingerprint density at radius 3 is 1.96 bits per heavy atom. The van der Waals surface area contributed by atoms with E-state index in [0.29, 0.717) is 0 Å². The summed E-state index contributed by atoms with van der Waals surface area (Å²) in [5.74, 6) is -5.03. The van der Waals surface area contributed by atoms with Crippen LogP contribution in [-0.2, 0) is 42.9 Å². The van der Waals surface area contributed by atoms with Crippen LogP contribution >= 0.6 is 0 Å². The molecule has 0 amide bonds. The van der Waals surface area contributed by atoms with E-state index in [1.807, 2.05) is 0 Å². The molecule has 1 aliphatic heterocycles. The van der Waals surface area contributed by atoms with Crippen molar-refractivity contribution in [3.05, 3.63) is 0 Å². The standard InChI is InChI=1S/C14H20O10/c1-7(15)20-6-12-14(23-9(3)17,24-10(4)18)5-11(13(19)22-12)21-8(2)16/h11-13,19H,5-6H2,1-4H3. The van der Waals surface area contributed by atoms with Crippen LogP contribution in [0.1, 0.15) is 34.1 Å². The average molecular weight is 348 g/mol. The fourth-order valence-electron chi connectivity index (χ4n) is 2.27. The molecule has 1 aliphatic rings. The van der Waals surface area contributed by atoms with Crippen LogP contribution in [0.2, 0.25) is 0 Å². The Morgan fingerprint density at radius 2 is 1.54 bits per heavy atom. The number of esters is 4. The molecule has 10 nitrogen and oxygen atoms in total. The van der Waals surface area contributed by atoms with Crippen LogP contribution in [-0.4, -0.2) is 59.9 Å². The molecular weight excluding hydrogens is 328 g/mol. The molecule has 1 rings (SSSR count). The summed E-state index contributed by atoms with van der Waals surface area (Å²) in [6.45, 7) is 3.93. The zero-order valence-corrected chi connectivity index (χ0v) is 13.8. The lowest BCUT2D eigenvalue weighted by atomic mass is 9.97. The molecule has 3 unspecified atom stereocenters. The Morgan fingerprint density at radius 1 is 1.00 bits per heavy atom. The Kier molecular flexibility index (Phi) is 6.67. The van der Waals surface area contributed by atoms with E-state index in [-0.39, 0.29) is 0 Å². The third kappa shape index (κ3) is 5.46. The molecule has 0 radical (unpaired) electrons. The van der Waals surface area contributed by atoms with Crippen molar-refractivity contribution in [2.45, 2.75) is 58.4 Å². The summed E-state index contributed by atoms with van der Waals surface area (Å²) >= 11 is 0. The van der Waals surface area contributed by atoms with E-state index in [1.165, 1.54) is 0 Å². The molecule has 0 spiro atoms. The second-order valence-electron chi connectivity index (χ2n) is 5.17. The molecule has 136 valence electrons. The number of carbonyl (C=O) groups is 4. The van der Waals surface area contributed by atoms with E-state index in [2.05, 4.69) is 0 Å². The van der Waals surface area contributed by atoms with Crippen LogP contribution in [0.15, 0.2) is 0 Å². The molecule has 3 atom stereocenters. The van der Waals surface area contributed by atoms with Gasteiger partial charge < -0.3 is 28.8 Å². The molecule has 1 fully saturated rings. The maximum absolute atomic E-state index is 11.4. The number of hydrogen-bond donors (Lipinski definition) is 1. The van der Waals surface area contributed by atoms with Gasteiger partial charge in [-0.1, -0.05) is 0 Å². The summed E-state index contributed by atoms with van der Waals surface area (Å²) in [5.41, 5.74) is 0. The number of aliphatic hydroxyl groups excluding tert-OH is 1. The molecule has 1 N–H and O–H groups in total. The highest BCUT2D eigenvalue weighted by Crippen LogP contribution is 2.35. The highest BCUT2D eigenvalue weighted by molar-refractivity contribution is 5.69. The van der Waals surface area contributed by atoms with Gasteiger partial charge in [0.15, 0.2) is 18.5 Å². The fraction of sp³-hybridized carbons (Fsp3) is 0.714. The van der Waals surface area contributed by atoms with Gasteiger partial charge in [-0.25, -0.2) is 0 Å². The quantitative estimate of drug-likeness (QED) is 0.390. The lowest BCUT2D eigenvalue weighted by molar-refractivity contribution is -0.346. The summed E-state index contributed by atoms with van der Waals surface area (Å²) < 4.78 is 25.1. The summed E-state index contributed by atoms with van der Waals surface area (Å²) in [5, 5.41) is 9.93. The molecule has 10 heteroatoms. The van der Waals surface area contributed by atoms with Gasteiger partial charge in [0.1, 0.15) is 6.61 Å². The average Bonchev–Trinajstić information content (AvgIpc) is 2.38. The van der Waals surface area contributed by atoms with E-state index >= 15 is 0 Å². The van der Waals surface area contributed by atoms with Crippen LogP contribution in [0.4, 0.5) is 0 Å². The van der Waals surface area contributed by atoms with Gasteiger partial charge in [-0.3, -0.25) is 19.2 Å². The molecular formula is C14H20O10. The first kappa shape index (κ1) is 19.8. The van der Waals surface area contributed by atoms with E-state index < -0.39 is 61.2 Å². The minimum atomic E-state index is -2.02. The summed E-state index contributed by atoms with van der Waals surface area (Å²) in [6, 6.07) is 0. The van der Waals surface area contributed by atoms with Gasteiger partial charge in [-0.05, 0) is 0 Å². The minimum Gasteiger partial charge on any atom is -0.463 e. The van der Waals surface area contributed by atoms with Gasteiger partial charge in [-0.15, -0.1) is 0 Å². The van der Waals surface area contributed by atoms with Crippen molar-refractivity contribution in [3.8, 4) is 0 Å². The highest BCUT2D eigenvalue weighted by Gasteiger charge is 2.56. The predicted octanol–water partition coefficient (Wildman–Crippen LogP) is -0.589. The summed E-state index contributed by atoms with van der Waals surface area (Å²) in [4.78, 5) is 45.0. The second kappa shape index (κ2) is 8.06. The molecule has 0 aromatic rings. The SMILES string of the molecule is CC(=O)OCC1OC(O)C(OC(C)=O)CC1(OC(C)=O)OC(C)=O. The molecule has 24 heavy (non-hydrogen) atoms. The van der Waals surface area contributed by atoms with Gasteiger partial charge in [0.25, 0.3) is 5.79 Å². The molecule has 0 aliphatic carbocycles. The monoisotopic (exact) mass is 348 g/mol. The topological polar surface area (TPSA) is 135 Å². The van der Waals surface area contributed by atoms with E-state index in [4.69, 9.17) is 23.7 Å². The number of hydrogen-bond acceptors (Lipinski definition) is 10. The van der Waals surface area contributed by atoms with Crippen LogP contribution in [0, 0.1) is 0 Å². The first-order valence-corrected chi connectivity index (χ1v) is 7.09. The molecule has 1 heterocycles. The summed E-state index contributed by atoms with van der Waals surface area (Å²) in [6.07, 6.45) is -4.54. The van der Waals surface area contributed by atoms with E-state index in [9.17, 15) is 24.3 Å². The first-order chi connectivity index (χ1) is 11.1. The van der Waals surface area contributed by atoms with Crippen molar-refractivity contribution < 1.29 is 48.0 Å². The molecule has 1 saturated heterocycles. The van der Waals surface area contributed by atoms with Crippen LogP contribution in [0.25, 0.3) is 0 Å². The molecule has 0 saturated carbocycles. The van der Waals surface area contributed by atoms with Gasteiger partial charge in [0.05, 0.1) is 6.42 Å². The lowest BCUT2D eigenvalue weighted by Gasteiger charge is -2.44. The predicted molar refractivity (Wildman–Crippen MR) is 73.9 cm³/mol. The third-order valence-corrected chi connectivity index (χ3v) is 2.99. The van der Waals surface area contributed by atoms with Crippen LogP contribution < -0.4 is 0 Å². The van der Waals surface area contributed by atoms with Crippen molar-refractivity contribution in [1.82, 2.24) is 0 Å². The van der Waals surface area contributed by atoms with Gasteiger partial charge in [0, 0.05) is 27.7 Å². The highest BCUT2D eigenvalue weighted by atomic mass is 16.8. The molecule has 0 aromatic heterocycles. The zero-order chi connectivity index (χ0) is 18.5. The normalized spacial score (nSPS) is 25.3. The number of rotatable bonds is 5. The Bertz CT molecular complexity index is 498. The largest absolute Gasteiger partial charge is 0.463 e. The van der Waals surface area contributed by atoms with Crippen molar-refractivity contribution >= 4 is 23.9 Å². The number of ether oxygens (including phenoxy) is 5. The van der Waals surface area contributed by atoms with Crippen LogP contribution in [0.5, 0.6) is 0 Å². The second-order valence-corrected chi connectivity index (χ2v) is 5.17. The Labute approximate surface area is 137 Å². The number of aliphatic hydroxyl groups is 1. The van der Waals surface area contributed by atoms with Crippen LogP contribution in [0.3, 0.4) is 0 Å². The van der Waals surface area contributed by atoms with Crippen molar-refractivity contribution in [2.75, 3.05) is 6.61 Å². The van der Waals surface area contributed by atoms with Gasteiger partial charge in [-0.2, -0.15) is 0 Å². The Balaban J connectivity index is 3.15. The van der Waals surface area contributed by atoms with Gasteiger partial charge in [0.2, 0.25) is 0 Å².